The number of hydrogen-bond acceptors (Lipinski definition) is 4. The Hall–Kier alpha value is -2.56. The van der Waals surface area contributed by atoms with Gasteiger partial charge in [0.1, 0.15) is 5.82 Å². The maximum absolute atomic E-state index is 13.2. The number of para-hydroxylation sites is 1. The van der Waals surface area contributed by atoms with Gasteiger partial charge in [-0.1, -0.05) is 18.2 Å². The van der Waals surface area contributed by atoms with Crippen LogP contribution >= 0.6 is 0 Å². The summed E-state index contributed by atoms with van der Waals surface area (Å²) in [7, 11) is 1.26. The molecular formula is C15H15FN2O2. The van der Waals surface area contributed by atoms with E-state index in [2.05, 4.69) is 10.1 Å². The van der Waals surface area contributed by atoms with Gasteiger partial charge in [0.15, 0.2) is 0 Å². The van der Waals surface area contributed by atoms with Crippen molar-refractivity contribution in [2.24, 2.45) is 0 Å². The van der Waals surface area contributed by atoms with Crippen LogP contribution in [0.15, 0.2) is 42.5 Å². The molecule has 0 aliphatic rings. The van der Waals surface area contributed by atoms with Crippen molar-refractivity contribution < 1.29 is 13.9 Å². The van der Waals surface area contributed by atoms with E-state index < -0.39 is 11.8 Å². The highest BCUT2D eigenvalue weighted by atomic mass is 19.1. The maximum Gasteiger partial charge on any atom is 0.340 e. The third-order valence-corrected chi connectivity index (χ3v) is 2.91. The van der Waals surface area contributed by atoms with E-state index in [9.17, 15) is 9.18 Å². The number of carbonyl (C=O) groups is 1. The molecule has 5 heteroatoms. The van der Waals surface area contributed by atoms with E-state index in [4.69, 9.17) is 5.73 Å². The molecule has 0 radical (unpaired) electrons. The van der Waals surface area contributed by atoms with Crippen LogP contribution in [0.25, 0.3) is 0 Å². The normalized spacial score (nSPS) is 10.1. The summed E-state index contributed by atoms with van der Waals surface area (Å²) in [5, 5.41) is 3.07. The van der Waals surface area contributed by atoms with Crippen molar-refractivity contribution >= 4 is 17.3 Å². The van der Waals surface area contributed by atoms with Gasteiger partial charge in [-0.05, 0) is 29.8 Å². The Bertz CT molecular complexity index is 629. The number of nitrogens with one attached hydrogen (secondary N) is 1. The fraction of sp³-hybridized carbons (Fsp3) is 0.133. The van der Waals surface area contributed by atoms with E-state index >= 15 is 0 Å². The first-order valence-electron chi connectivity index (χ1n) is 6.07. The second-order valence-corrected chi connectivity index (χ2v) is 4.23. The van der Waals surface area contributed by atoms with E-state index in [0.29, 0.717) is 17.9 Å². The fourth-order valence-corrected chi connectivity index (χ4v) is 1.84. The molecule has 0 spiro atoms. The Kier molecular flexibility index (Phi) is 4.20. The van der Waals surface area contributed by atoms with Crippen LogP contribution in [0.5, 0.6) is 0 Å². The lowest BCUT2D eigenvalue weighted by atomic mass is 10.1. The summed E-state index contributed by atoms with van der Waals surface area (Å²) in [4.78, 5) is 11.6. The van der Waals surface area contributed by atoms with E-state index in [-0.39, 0.29) is 5.56 Å². The molecule has 0 atom stereocenters. The molecule has 104 valence electrons. The number of nitrogens with two attached hydrogens (primary N) is 1. The smallest absolute Gasteiger partial charge is 0.340 e. The van der Waals surface area contributed by atoms with Crippen molar-refractivity contribution in [3.63, 3.8) is 0 Å². The number of esters is 1. The van der Waals surface area contributed by atoms with Gasteiger partial charge < -0.3 is 15.8 Å². The first-order chi connectivity index (χ1) is 9.61. The van der Waals surface area contributed by atoms with E-state index in [1.807, 2.05) is 18.2 Å². The van der Waals surface area contributed by atoms with Gasteiger partial charge in [-0.2, -0.15) is 0 Å². The second kappa shape index (κ2) is 6.06. The van der Waals surface area contributed by atoms with Gasteiger partial charge >= 0.3 is 5.97 Å². The zero-order valence-electron chi connectivity index (χ0n) is 11.0. The predicted octanol–water partition coefficient (Wildman–Crippen LogP) is 2.81. The van der Waals surface area contributed by atoms with Crippen LogP contribution in [-0.2, 0) is 11.3 Å². The molecule has 0 saturated heterocycles. The zero-order valence-corrected chi connectivity index (χ0v) is 11.0. The molecular weight excluding hydrogens is 259 g/mol. The van der Waals surface area contributed by atoms with Crippen molar-refractivity contribution in [1.29, 1.82) is 0 Å². The monoisotopic (exact) mass is 274 g/mol. The van der Waals surface area contributed by atoms with Gasteiger partial charge in [-0.15, -0.1) is 0 Å². The third-order valence-electron chi connectivity index (χ3n) is 2.91. The SMILES string of the molecule is COC(=O)c1cc(F)ccc1NCc1ccccc1N. The first-order valence-corrected chi connectivity index (χ1v) is 6.07. The Morgan fingerprint density at radius 1 is 1.30 bits per heavy atom. The van der Waals surface area contributed by atoms with Gasteiger partial charge in [0.05, 0.1) is 12.7 Å². The van der Waals surface area contributed by atoms with Crippen LogP contribution in [0.1, 0.15) is 15.9 Å². The minimum absolute atomic E-state index is 0.155. The molecule has 0 heterocycles. The molecule has 2 aromatic rings. The number of rotatable bonds is 4. The molecule has 0 bridgehead atoms. The van der Waals surface area contributed by atoms with Crippen molar-refractivity contribution in [3.8, 4) is 0 Å². The molecule has 0 fully saturated rings. The lowest BCUT2D eigenvalue weighted by Gasteiger charge is -2.12. The zero-order chi connectivity index (χ0) is 14.5. The van der Waals surface area contributed by atoms with Gasteiger partial charge in [0.2, 0.25) is 0 Å². The molecule has 0 aromatic heterocycles. The van der Waals surface area contributed by atoms with Crippen molar-refractivity contribution in [2.75, 3.05) is 18.2 Å². The number of carbonyl (C=O) groups excluding carboxylic acids is 1. The highest BCUT2D eigenvalue weighted by Crippen LogP contribution is 2.20. The van der Waals surface area contributed by atoms with Gasteiger partial charge in [0.25, 0.3) is 0 Å². The summed E-state index contributed by atoms with van der Waals surface area (Å²) < 4.78 is 17.9. The summed E-state index contributed by atoms with van der Waals surface area (Å²) in [5.41, 5.74) is 8.05. The Labute approximate surface area is 116 Å². The van der Waals surface area contributed by atoms with E-state index in [1.165, 1.54) is 19.2 Å². The van der Waals surface area contributed by atoms with Gasteiger partial charge in [0, 0.05) is 17.9 Å². The Morgan fingerprint density at radius 2 is 2.05 bits per heavy atom. The van der Waals surface area contributed by atoms with E-state index in [0.717, 1.165) is 11.6 Å². The van der Waals surface area contributed by atoms with Crippen LogP contribution in [0, 0.1) is 5.82 Å². The van der Waals surface area contributed by atoms with Crippen LogP contribution in [0.4, 0.5) is 15.8 Å². The number of ether oxygens (including phenoxy) is 1. The average molecular weight is 274 g/mol. The minimum atomic E-state index is -0.590. The fourth-order valence-electron chi connectivity index (χ4n) is 1.84. The average Bonchev–Trinajstić information content (AvgIpc) is 2.46. The summed E-state index contributed by atoms with van der Waals surface area (Å²) >= 11 is 0. The second-order valence-electron chi connectivity index (χ2n) is 4.23. The van der Waals surface area contributed by atoms with Crippen LogP contribution in [-0.4, -0.2) is 13.1 Å². The third kappa shape index (κ3) is 3.06. The molecule has 20 heavy (non-hydrogen) atoms. The van der Waals surface area contributed by atoms with Gasteiger partial charge in [-0.3, -0.25) is 0 Å². The van der Waals surface area contributed by atoms with Crippen LogP contribution in [0.2, 0.25) is 0 Å². The highest BCUT2D eigenvalue weighted by Gasteiger charge is 2.13. The molecule has 0 aliphatic carbocycles. The molecule has 0 unspecified atom stereocenters. The number of anilines is 2. The summed E-state index contributed by atoms with van der Waals surface area (Å²) in [6.07, 6.45) is 0. The summed E-state index contributed by atoms with van der Waals surface area (Å²) in [6, 6.07) is 11.3. The lowest BCUT2D eigenvalue weighted by Crippen LogP contribution is -2.09. The Morgan fingerprint density at radius 3 is 2.75 bits per heavy atom. The number of hydrogen-bond donors (Lipinski definition) is 2. The molecule has 2 aromatic carbocycles. The highest BCUT2D eigenvalue weighted by molar-refractivity contribution is 5.95. The molecule has 3 N–H and O–H groups in total. The summed E-state index contributed by atoms with van der Waals surface area (Å²) in [5.74, 6) is -1.08. The van der Waals surface area contributed by atoms with Crippen LogP contribution in [0.3, 0.4) is 0 Å². The van der Waals surface area contributed by atoms with E-state index in [1.54, 1.807) is 6.07 Å². The summed E-state index contributed by atoms with van der Waals surface area (Å²) in [6.45, 7) is 0.433. The Balaban J connectivity index is 2.21. The largest absolute Gasteiger partial charge is 0.465 e. The van der Waals surface area contributed by atoms with Crippen molar-refractivity contribution in [2.45, 2.75) is 6.54 Å². The first kappa shape index (κ1) is 13.9. The molecule has 0 amide bonds. The molecule has 2 rings (SSSR count). The maximum atomic E-state index is 13.2. The van der Waals surface area contributed by atoms with Crippen molar-refractivity contribution in [3.05, 3.63) is 59.4 Å². The standard InChI is InChI=1S/C15H15FN2O2/c1-20-15(19)12-8-11(16)6-7-14(12)18-9-10-4-2-3-5-13(10)17/h2-8,18H,9,17H2,1H3. The number of halogens is 1. The van der Waals surface area contributed by atoms with Gasteiger partial charge in [-0.25, -0.2) is 9.18 Å². The molecule has 0 saturated carbocycles. The number of nitrogen functional groups attached to an aromatic ring is 1. The minimum Gasteiger partial charge on any atom is -0.465 e. The number of benzene rings is 2. The lowest BCUT2D eigenvalue weighted by molar-refractivity contribution is 0.0601. The molecule has 4 nitrogen and oxygen atoms in total. The van der Waals surface area contributed by atoms with Crippen molar-refractivity contribution in [1.82, 2.24) is 0 Å². The van der Waals surface area contributed by atoms with Crippen LogP contribution < -0.4 is 11.1 Å². The number of methoxy groups -OCH3 is 1. The quantitative estimate of drug-likeness (QED) is 0.664. The topological polar surface area (TPSA) is 64.3 Å². The predicted molar refractivity (Wildman–Crippen MR) is 75.9 cm³/mol. The molecule has 0 aliphatic heterocycles.